The van der Waals surface area contributed by atoms with Gasteiger partial charge in [-0.1, -0.05) is 26.2 Å². The summed E-state index contributed by atoms with van der Waals surface area (Å²) in [5.74, 6) is 0.518. The summed E-state index contributed by atoms with van der Waals surface area (Å²) in [6.45, 7) is 2.17. The van der Waals surface area contributed by atoms with Crippen LogP contribution in [0.3, 0.4) is 0 Å². The monoisotopic (exact) mass is 292 g/mol. The first-order chi connectivity index (χ1) is 9.69. The predicted octanol–water partition coefficient (Wildman–Crippen LogP) is 3.49. The minimum atomic E-state index is -1.16. The lowest BCUT2D eigenvalue weighted by molar-refractivity contribution is 0.351. The molecule has 1 aliphatic rings. The molecule has 1 aromatic carbocycles. The lowest BCUT2D eigenvalue weighted by Crippen LogP contribution is -2.28. The lowest BCUT2D eigenvalue weighted by atomic mass is 9.87. The van der Waals surface area contributed by atoms with Gasteiger partial charge in [-0.3, -0.25) is 0 Å². The Hall–Kier alpha value is -1.36. The molecule has 1 heterocycles. The van der Waals surface area contributed by atoms with Crippen LogP contribution in [0.15, 0.2) is 27.8 Å². The standard InChI is InChI=1S/C15H20N2O2S/c1-2-10-5-3-4-6-14(10)20(18)15-17-12-9-11(16)7-8-13(12)19-15/h7-10,14H,2-6,16H2,1H3. The van der Waals surface area contributed by atoms with Crippen LogP contribution in [0.2, 0.25) is 0 Å². The number of benzene rings is 1. The molecule has 0 radical (unpaired) electrons. The number of nitrogen functional groups attached to an aromatic ring is 1. The Morgan fingerprint density at radius 2 is 2.20 bits per heavy atom. The second kappa shape index (κ2) is 5.56. The molecule has 0 spiro atoms. The van der Waals surface area contributed by atoms with Gasteiger partial charge in [0.05, 0.1) is 0 Å². The molecule has 1 aromatic heterocycles. The summed E-state index contributed by atoms with van der Waals surface area (Å²) in [5.41, 5.74) is 7.73. The average Bonchev–Trinajstić information content (AvgIpc) is 2.89. The van der Waals surface area contributed by atoms with Crippen molar-refractivity contribution in [3.05, 3.63) is 18.2 Å². The van der Waals surface area contributed by atoms with Crippen molar-refractivity contribution < 1.29 is 8.63 Å². The van der Waals surface area contributed by atoms with E-state index < -0.39 is 10.8 Å². The molecule has 0 saturated heterocycles. The fourth-order valence-corrected chi connectivity index (χ4v) is 4.74. The third-order valence-corrected chi connectivity index (χ3v) is 5.89. The van der Waals surface area contributed by atoms with Crippen LogP contribution in [0.1, 0.15) is 39.0 Å². The van der Waals surface area contributed by atoms with E-state index in [4.69, 9.17) is 10.2 Å². The molecule has 2 aromatic rings. The van der Waals surface area contributed by atoms with E-state index in [1.54, 1.807) is 18.2 Å². The highest BCUT2D eigenvalue weighted by atomic mass is 32.2. The first-order valence-corrected chi connectivity index (χ1v) is 8.47. The smallest absolute Gasteiger partial charge is 0.288 e. The minimum Gasteiger partial charge on any atom is -0.430 e. The number of rotatable bonds is 3. The van der Waals surface area contributed by atoms with Gasteiger partial charge in [-0.15, -0.1) is 0 Å². The molecular weight excluding hydrogens is 272 g/mol. The van der Waals surface area contributed by atoms with E-state index in [9.17, 15) is 4.21 Å². The topological polar surface area (TPSA) is 69.1 Å². The molecule has 4 nitrogen and oxygen atoms in total. The average molecular weight is 292 g/mol. The van der Waals surface area contributed by atoms with Gasteiger partial charge in [0.2, 0.25) is 0 Å². The molecule has 3 unspecified atom stereocenters. The third-order valence-electron chi connectivity index (χ3n) is 4.20. The molecule has 0 aliphatic heterocycles. The van der Waals surface area contributed by atoms with Gasteiger partial charge in [-0.25, -0.2) is 9.19 Å². The Morgan fingerprint density at radius 3 is 3.00 bits per heavy atom. The number of hydrogen-bond donors (Lipinski definition) is 1. The van der Waals surface area contributed by atoms with Crippen LogP contribution in [0.5, 0.6) is 0 Å². The van der Waals surface area contributed by atoms with Gasteiger partial charge in [0.25, 0.3) is 5.22 Å². The Kier molecular flexibility index (Phi) is 3.78. The Balaban J connectivity index is 1.91. The first-order valence-electron chi connectivity index (χ1n) is 7.25. The molecule has 1 fully saturated rings. The van der Waals surface area contributed by atoms with Crippen LogP contribution >= 0.6 is 0 Å². The summed E-state index contributed by atoms with van der Waals surface area (Å²) in [6.07, 6.45) is 5.64. The largest absolute Gasteiger partial charge is 0.430 e. The maximum absolute atomic E-state index is 12.7. The molecule has 1 aliphatic carbocycles. The zero-order valence-electron chi connectivity index (χ0n) is 11.7. The maximum Gasteiger partial charge on any atom is 0.288 e. The number of hydrogen-bond acceptors (Lipinski definition) is 4. The number of nitrogens with zero attached hydrogens (tertiary/aromatic N) is 1. The highest BCUT2D eigenvalue weighted by Crippen LogP contribution is 2.33. The summed E-state index contributed by atoms with van der Waals surface area (Å²) in [4.78, 5) is 4.37. The van der Waals surface area contributed by atoms with Crippen molar-refractivity contribution in [1.29, 1.82) is 0 Å². The van der Waals surface area contributed by atoms with E-state index in [0.29, 0.717) is 27.9 Å². The zero-order chi connectivity index (χ0) is 14.1. The van der Waals surface area contributed by atoms with E-state index in [1.807, 2.05) is 0 Å². The Labute approximate surface area is 121 Å². The molecule has 20 heavy (non-hydrogen) atoms. The molecular formula is C15H20N2O2S. The van der Waals surface area contributed by atoms with E-state index in [0.717, 1.165) is 19.3 Å². The summed E-state index contributed by atoms with van der Waals surface area (Å²) in [6, 6.07) is 5.32. The van der Waals surface area contributed by atoms with Gasteiger partial charge in [0.15, 0.2) is 5.58 Å². The molecule has 3 rings (SSSR count). The minimum absolute atomic E-state index is 0.180. The van der Waals surface area contributed by atoms with Crippen LogP contribution in [0.4, 0.5) is 5.69 Å². The second-order valence-electron chi connectivity index (χ2n) is 5.50. The summed E-state index contributed by atoms with van der Waals surface area (Å²) in [7, 11) is -1.16. The van der Waals surface area contributed by atoms with E-state index in [1.165, 1.54) is 12.8 Å². The van der Waals surface area contributed by atoms with Crippen molar-refractivity contribution >= 4 is 27.6 Å². The Morgan fingerprint density at radius 1 is 1.40 bits per heavy atom. The lowest BCUT2D eigenvalue weighted by Gasteiger charge is -2.28. The van der Waals surface area contributed by atoms with Crippen molar-refractivity contribution in [2.75, 3.05) is 5.73 Å². The second-order valence-corrected chi connectivity index (χ2v) is 7.05. The molecule has 3 atom stereocenters. The maximum atomic E-state index is 12.7. The first kappa shape index (κ1) is 13.6. The van der Waals surface area contributed by atoms with Crippen molar-refractivity contribution in [1.82, 2.24) is 4.98 Å². The molecule has 2 N–H and O–H groups in total. The van der Waals surface area contributed by atoms with Crippen LogP contribution in [-0.2, 0) is 10.8 Å². The van der Waals surface area contributed by atoms with Gasteiger partial charge >= 0.3 is 0 Å². The fourth-order valence-electron chi connectivity index (χ4n) is 3.06. The summed E-state index contributed by atoms with van der Waals surface area (Å²) in [5, 5.41) is 0.537. The molecule has 5 heteroatoms. The molecule has 0 bridgehead atoms. The highest BCUT2D eigenvalue weighted by molar-refractivity contribution is 7.85. The third kappa shape index (κ3) is 2.46. The quantitative estimate of drug-likeness (QED) is 0.879. The van der Waals surface area contributed by atoms with Crippen molar-refractivity contribution in [3.63, 3.8) is 0 Å². The number of aromatic nitrogens is 1. The molecule has 1 saturated carbocycles. The van der Waals surface area contributed by atoms with Crippen LogP contribution in [-0.4, -0.2) is 14.4 Å². The van der Waals surface area contributed by atoms with E-state index >= 15 is 0 Å². The van der Waals surface area contributed by atoms with Crippen molar-refractivity contribution in [3.8, 4) is 0 Å². The van der Waals surface area contributed by atoms with Crippen LogP contribution < -0.4 is 5.73 Å². The van der Waals surface area contributed by atoms with Crippen LogP contribution in [0, 0.1) is 5.92 Å². The Bertz CT molecular complexity index is 638. The zero-order valence-corrected chi connectivity index (χ0v) is 12.5. The number of anilines is 1. The van der Waals surface area contributed by atoms with E-state index in [-0.39, 0.29) is 5.25 Å². The van der Waals surface area contributed by atoms with E-state index in [2.05, 4.69) is 11.9 Å². The normalized spacial score (nSPS) is 24.9. The summed E-state index contributed by atoms with van der Waals surface area (Å²) >= 11 is 0. The fraction of sp³-hybridized carbons (Fsp3) is 0.533. The van der Waals surface area contributed by atoms with Gasteiger partial charge in [0.1, 0.15) is 16.3 Å². The molecule has 108 valence electrons. The van der Waals surface area contributed by atoms with Gasteiger partial charge in [0, 0.05) is 10.9 Å². The van der Waals surface area contributed by atoms with Crippen LogP contribution in [0.25, 0.3) is 11.1 Å². The van der Waals surface area contributed by atoms with Crippen molar-refractivity contribution in [2.45, 2.75) is 49.5 Å². The number of nitrogens with two attached hydrogens (primary N) is 1. The SMILES string of the molecule is CCC1CCCCC1S(=O)c1nc2cc(N)ccc2o1. The number of oxazole rings is 1. The number of fused-ring (bicyclic) bond motifs is 1. The molecule has 0 amide bonds. The summed E-state index contributed by atoms with van der Waals surface area (Å²) < 4.78 is 18.4. The predicted molar refractivity (Wildman–Crippen MR) is 80.9 cm³/mol. The van der Waals surface area contributed by atoms with Gasteiger partial charge in [-0.05, 0) is 37.0 Å². The van der Waals surface area contributed by atoms with Gasteiger partial charge in [-0.2, -0.15) is 0 Å². The van der Waals surface area contributed by atoms with Gasteiger partial charge < -0.3 is 10.2 Å². The van der Waals surface area contributed by atoms with Crippen molar-refractivity contribution in [2.24, 2.45) is 5.92 Å². The highest BCUT2D eigenvalue weighted by Gasteiger charge is 2.31.